The van der Waals surface area contributed by atoms with Crippen molar-refractivity contribution in [1.29, 1.82) is 0 Å². The summed E-state index contributed by atoms with van der Waals surface area (Å²) in [5.41, 5.74) is 2.72. The zero-order chi connectivity index (χ0) is 21.1. The van der Waals surface area contributed by atoms with Crippen molar-refractivity contribution in [2.75, 3.05) is 0 Å². The predicted molar refractivity (Wildman–Crippen MR) is 113 cm³/mol. The van der Waals surface area contributed by atoms with Crippen LogP contribution in [0.5, 0.6) is 0 Å². The van der Waals surface area contributed by atoms with Crippen molar-refractivity contribution in [3.8, 4) is 0 Å². The van der Waals surface area contributed by atoms with Crippen LogP contribution >= 0.6 is 0 Å². The third kappa shape index (κ3) is 3.95. The minimum Gasteiger partial charge on any atom is -0.268 e. The maximum atomic E-state index is 13.3. The van der Waals surface area contributed by atoms with Gasteiger partial charge in [0.25, 0.3) is 5.91 Å². The lowest BCUT2D eigenvalue weighted by Gasteiger charge is -2.19. The summed E-state index contributed by atoms with van der Waals surface area (Å²) in [6, 6.07) is 19.9. The predicted octanol–water partition coefficient (Wildman–Crippen LogP) is 3.08. The third-order valence-corrected chi connectivity index (χ3v) is 6.60. The molecule has 2 heterocycles. The number of fused-ring (bicyclic) bond motifs is 1. The lowest BCUT2D eigenvalue weighted by Crippen LogP contribution is -2.36. The number of carbonyl (C=O) groups excluding carboxylic acids is 1. The third-order valence-electron chi connectivity index (χ3n) is 4.95. The summed E-state index contributed by atoms with van der Waals surface area (Å²) in [5.74, 6) is -0.730. The van der Waals surface area contributed by atoms with E-state index in [1.54, 1.807) is 43.5 Å². The molecule has 0 aliphatic heterocycles. The van der Waals surface area contributed by atoms with Gasteiger partial charge in [0, 0.05) is 12.3 Å². The first-order valence-electron chi connectivity index (χ1n) is 9.40. The van der Waals surface area contributed by atoms with Crippen LogP contribution in [0, 0.1) is 6.92 Å². The number of amides is 1. The van der Waals surface area contributed by atoms with Crippen molar-refractivity contribution in [2.24, 2.45) is 0 Å². The minimum absolute atomic E-state index is 0.154. The van der Waals surface area contributed by atoms with Crippen molar-refractivity contribution in [1.82, 2.24) is 19.3 Å². The molecule has 0 aliphatic carbocycles. The Morgan fingerprint density at radius 1 is 1.03 bits per heavy atom. The monoisotopic (exact) mass is 420 g/mol. The molecule has 0 bridgehead atoms. The van der Waals surface area contributed by atoms with Gasteiger partial charge < -0.3 is 0 Å². The lowest BCUT2D eigenvalue weighted by molar-refractivity contribution is 0.0979. The van der Waals surface area contributed by atoms with Crippen molar-refractivity contribution in [2.45, 2.75) is 18.6 Å². The molecule has 8 heteroatoms. The van der Waals surface area contributed by atoms with Gasteiger partial charge in [-0.3, -0.25) is 4.79 Å². The lowest BCUT2D eigenvalue weighted by atomic mass is 10.0. The van der Waals surface area contributed by atoms with E-state index in [0.717, 1.165) is 5.56 Å². The average Bonchev–Trinajstić information content (AvgIpc) is 3.23. The number of nitrogens with zero attached hydrogens (tertiary/aromatic N) is 3. The summed E-state index contributed by atoms with van der Waals surface area (Å²) in [6.45, 7) is 1.70. The summed E-state index contributed by atoms with van der Waals surface area (Å²) in [7, 11) is -4.03. The van der Waals surface area contributed by atoms with E-state index in [2.05, 4.69) is 14.8 Å². The fourth-order valence-corrected chi connectivity index (χ4v) is 4.81. The van der Waals surface area contributed by atoms with E-state index in [0.29, 0.717) is 16.9 Å². The van der Waals surface area contributed by atoms with Crippen LogP contribution in [0.2, 0.25) is 0 Å². The number of hydrogen-bond acceptors (Lipinski definition) is 5. The highest BCUT2D eigenvalue weighted by Gasteiger charge is 2.30. The van der Waals surface area contributed by atoms with Crippen LogP contribution in [0.25, 0.3) is 5.65 Å². The first-order valence-corrected chi connectivity index (χ1v) is 10.9. The fraction of sp³-hybridized carbons (Fsp3) is 0.136. The van der Waals surface area contributed by atoms with Gasteiger partial charge in [0.1, 0.15) is 5.25 Å². The Bertz CT molecular complexity index is 1290. The molecule has 2 aromatic heterocycles. The van der Waals surface area contributed by atoms with Crippen molar-refractivity contribution in [3.63, 3.8) is 0 Å². The molecule has 4 aromatic rings. The summed E-state index contributed by atoms with van der Waals surface area (Å²) in [6.07, 6.45) is 3.17. The van der Waals surface area contributed by atoms with Gasteiger partial charge in [0.15, 0.2) is 5.65 Å². The maximum absolute atomic E-state index is 13.3. The summed E-state index contributed by atoms with van der Waals surface area (Å²) in [4.78, 5) is 17.0. The summed E-state index contributed by atoms with van der Waals surface area (Å²) < 4.78 is 30.3. The second-order valence-corrected chi connectivity index (χ2v) is 8.79. The van der Waals surface area contributed by atoms with Crippen LogP contribution in [0.4, 0.5) is 0 Å². The number of rotatable bonds is 6. The Labute approximate surface area is 174 Å². The largest absolute Gasteiger partial charge is 0.268 e. The quantitative estimate of drug-likeness (QED) is 0.517. The number of aryl methyl sites for hydroxylation is 1. The molecule has 1 N–H and O–H groups in total. The van der Waals surface area contributed by atoms with Gasteiger partial charge in [-0.05, 0) is 24.5 Å². The Hall–Kier alpha value is -3.52. The summed E-state index contributed by atoms with van der Waals surface area (Å²) in [5, 5.41) is 3.20. The topological polar surface area (TPSA) is 93.4 Å². The molecule has 0 saturated carbocycles. The van der Waals surface area contributed by atoms with Crippen molar-refractivity contribution < 1.29 is 13.2 Å². The molecule has 1 unspecified atom stereocenters. The SMILES string of the molecule is Cc1c(C(=O)NS(=O)(=O)C(Cc2ccccc2)c2ccccc2)cnc2ccnn12. The zero-order valence-electron chi connectivity index (χ0n) is 16.3. The number of aromatic nitrogens is 3. The van der Waals surface area contributed by atoms with Gasteiger partial charge in [-0.15, -0.1) is 0 Å². The molecule has 1 amide bonds. The van der Waals surface area contributed by atoms with Crippen molar-refractivity contribution >= 4 is 21.6 Å². The fourth-order valence-electron chi connectivity index (χ4n) is 3.37. The number of nitrogens with one attached hydrogen (secondary N) is 1. The van der Waals surface area contributed by atoms with E-state index in [1.807, 2.05) is 36.4 Å². The molecule has 0 aliphatic rings. The van der Waals surface area contributed by atoms with E-state index >= 15 is 0 Å². The van der Waals surface area contributed by atoms with Gasteiger partial charge >= 0.3 is 0 Å². The van der Waals surface area contributed by atoms with Crippen LogP contribution in [-0.4, -0.2) is 28.9 Å². The van der Waals surface area contributed by atoms with Crippen LogP contribution in [0.3, 0.4) is 0 Å². The normalized spacial score (nSPS) is 12.6. The van der Waals surface area contributed by atoms with E-state index < -0.39 is 21.2 Å². The molecule has 0 radical (unpaired) electrons. The van der Waals surface area contributed by atoms with Crippen LogP contribution in [-0.2, 0) is 16.4 Å². The second kappa shape index (κ2) is 8.08. The van der Waals surface area contributed by atoms with Gasteiger partial charge in [-0.2, -0.15) is 5.10 Å². The van der Waals surface area contributed by atoms with E-state index in [1.165, 1.54) is 10.7 Å². The molecule has 4 rings (SSSR count). The summed E-state index contributed by atoms with van der Waals surface area (Å²) >= 11 is 0. The van der Waals surface area contributed by atoms with E-state index in [9.17, 15) is 13.2 Å². The number of benzene rings is 2. The molecule has 30 heavy (non-hydrogen) atoms. The van der Waals surface area contributed by atoms with E-state index in [4.69, 9.17) is 0 Å². The van der Waals surface area contributed by atoms with Crippen LogP contribution < -0.4 is 4.72 Å². The van der Waals surface area contributed by atoms with E-state index in [-0.39, 0.29) is 12.0 Å². The molecule has 0 fully saturated rings. The van der Waals surface area contributed by atoms with Gasteiger partial charge in [0.2, 0.25) is 10.0 Å². The Balaban J connectivity index is 1.67. The van der Waals surface area contributed by atoms with Gasteiger partial charge in [0.05, 0.1) is 17.5 Å². The Morgan fingerprint density at radius 2 is 1.70 bits per heavy atom. The molecule has 7 nitrogen and oxygen atoms in total. The second-order valence-electron chi connectivity index (χ2n) is 6.92. The van der Waals surface area contributed by atoms with Crippen LogP contribution in [0.15, 0.2) is 79.1 Å². The highest BCUT2D eigenvalue weighted by Crippen LogP contribution is 2.26. The van der Waals surface area contributed by atoms with Gasteiger partial charge in [-0.1, -0.05) is 60.7 Å². The Morgan fingerprint density at radius 3 is 2.40 bits per heavy atom. The first-order chi connectivity index (χ1) is 14.5. The molecular weight excluding hydrogens is 400 g/mol. The van der Waals surface area contributed by atoms with Gasteiger partial charge in [-0.25, -0.2) is 22.6 Å². The number of sulfonamides is 1. The first kappa shape index (κ1) is 19.8. The highest BCUT2D eigenvalue weighted by molar-refractivity contribution is 7.90. The Kier molecular flexibility index (Phi) is 5.33. The molecular formula is C22H20N4O3S. The smallest absolute Gasteiger partial charge is 0.268 e. The molecule has 0 spiro atoms. The molecule has 0 saturated heterocycles. The minimum atomic E-state index is -4.03. The maximum Gasteiger partial charge on any atom is 0.268 e. The molecule has 152 valence electrons. The molecule has 2 aromatic carbocycles. The number of hydrogen-bond donors (Lipinski definition) is 1. The average molecular weight is 420 g/mol. The van der Waals surface area contributed by atoms with Crippen LogP contribution in [0.1, 0.15) is 32.4 Å². The standard InChI is InChI=1S/C22H20N4O3S/c1-16-19(15-23-21-12-13-24-26(16)21)22(27)25-30(28,29)20(18-10-6-3-7-11-18)14-17-8-4-2-5-9-17/h2-13,15,20H,14H2,1H3,(H,25,27). The highest BCUT2D eigenvalue weighted by atomic mass is 32.2. The zero-order valence-corrected chi connectivity index (χ0v) is 17.1. The molecule has 1 atom stereocenters. The number of carbonyl (C=O) groups is 1. The van der Waals surface area contributed by atoms with Crippen molar-refractivity contribution in [3.05, 3.63) is 102 Å².